The Morgan fingerprint density at radius 2 is 1.96 bits per heavy atom. The van der Waals surface area contributed by atoms with Crippen molar-refractivity contribution in [1.82, 2.24) is 14.8 Å². The average molecular weight is 356 g/mol. The second-order valence-corrected chi connectivity index (χ2v) is 5.22. The molecule has 0 aliphatic carbocycles. The third-order valence-corrected chi connectivity index (χ3v) is 3.40. The lowest BCUT2D eigenvalue weighted by Crippen LogP contribution is -2.20. The number of carbonyl (C=O) groups excluding carboxylic acids is 1. The van der Waals surface area contributed by atoms with E-state index in [1.54, 1.807) is 24.3 Å². The number of aromatic nitrogens is 3. The molecule has 3 rings (SSSR count). The smallest absolute Gasteiger partial charge is 0.262 e. The normalized spacial score (nSPS) is 10.4. The highest BCUT2D eigenvalue weighted by atomic mass is 19.1. The number of carbonyl (C=O) groups is 1. The van der Waals surface area contributed by atoms with E-state index >= 15 is 0 Å². The van der Waals surface area contributed by atoms with Crippen LogP contribution in [0.1, 0.15) is 6.92 Å². The molecule has 0 saturated heterocycles. The minimum absolute atomic E-state index is 0.226. The maximum Gasteiger partial charge on any atom is 0.262 e. The van der Waals surface area contributed by atoms with Gasteiger partial charge in [0.1, 0.15) is 18.3 Å². The Kier molecular flexibility index (Phi) is 5.43. The Morgan fingerprint density at radius 3 is 2.62 bits per heavy atom. The van der Waals surface area contributed by atoms with Crippen molar-refractivity contribution in [2.75, 3.05) is 18.5 Å². The molecule has 2 aromatic carbocycles. The van der Waals surface area contributed by atoms with Gasteiger partial charge in [0.25, 0.3) is 5.91 Å². The summed E-state index contributed by atoms with van der Waals surface area (Å²) in [6, 6.07) is 11.4. The minimum Gasteiger partial charge on any atom is -0.490 e. The van der Waals surface area contributed by atoms with E-state index in [-0.39, 0.29) is 12.3 Å². The number of benzene rings is 2. The van der Waals surface area contributed by atoms with Gasteiger partial charge in [-0.1, -0.05) is 12.1 Å². The zero-order valence-electron chi connectivity index (χ0n) is 14.1. The van der Waals surface area contributed by atoms with Crippen molar-refractivity contribution in [1.29, 1.82) is 0 Å². The Hall–Kier alpha value is -3.42. The van der Waals surface area contributed by atoms with Gasteiger partial charge in [-0.3, -0.25) is 4.79 Å². The fourth-order valence-corrected chi connectivity index (χ4v) is 2.29. The summed E-state index contributed by atoms with van der Waals surface area (Å²) in [5.74, 6) is 0.0864. The first-order valence-electron chi connectivity index (χ1n) is 7.96. The van der Waals surface area contributed by atoms with Crippen molar-refractivity contribution in [3.63, 3.8) is 0 Å². The van der Waals surface area contributed by atoms with E-state index in [1.165, 1.54) is 29.5 Å². The van der Waals surface area contributed by atoms with Gasteiger partial charge in [0.15, 0.2) is 23.9 Å². The molecule has 1 heterocycles. The Bertz CT molecular complexity index is 884. The second-order valence-electron chi connectivity index (χ2n) is 5.22. The van der Waals surface area contributed by atoms with Crippen molar-refractivity contribution in [3.05, 3.63) is 60.9 Å². The first-order valence-corrected chi connectivity index (χ1v) is 7.96. The molecule has 1 amide bonds. The number of hydrogen-bond donors (Lipinski definition) is 1. The third kappa shape index (κ3) is 4.15. The number of ether oxygens (including phenoxy) is 2. The number of hydrogen-bond acceptors (Lipinski definition) is 5. The molecule has 26 heavy (non-hydrogen) atoms. The second kappa shape index (κ2) is 8.11. The molecular formula is C18H17FN4O3. The van der Waals surface area contributed by atoms with E-state index in [0.29, 0.717) is 23.8 Å². The number of rotatable bonds is 7. The lowest BCUT2D eigenvalue weighted by Gasteiger charge is -2.12. The number of nitrogens with zero attached hydrogens (tertiary/aromatic N) is 3. The Morgan fingerprint density at radius 1 is 1.19 bits per heavy atom. The summed E-state index contributed by atoms with van der Waals surface area (Å²) in [6.07, 6.45) is 2.70. The summed E-state index contributed by atoms with van der Waals surface area (Å²) in [5, 5.41) is 6.46. The summed E-state index contributed by atoms with van der Waals surface area (Å²) in [7, 11) is 0. The van der Waals surface area contributed by atoms with Gasteiger partial charge in [0.2, 0.25) is 0 Å². The van der Waals surface area contributed by atoms with E-state index in [0.717, 1.165) is 0 Å². The quantitative estimate of drug-likeness (QED) is 0.704. The molecule has 1 aromatic heterocycles. The van der Waals surface area contributed by atoms with E-state index < -0.39 is 11.7 Å². The number of anilines is 1. The lowest BCUT2D eigenvalue weighted by molar-refractivity contribution is -0.118. The standard InChI is InChI=1S/C18H17FN4O3/c1-2-25-16-5-3-4-6-17(16)26-10-18(24)22-13-7-8-15(14(19)9-13)23-12-20-11-21-23/h3-9,11-12H,2,10H2,1H3,(H,22,24). The number of para-hydroxylation sites is 2. The fourth-order valence-electron chi connectivity index (χ4n) is 2.29. The summed E-state index contributed by atoms with van der Waals surface area (Å²) >= 11 is 0. The highest BCUT2D eigenvalue weighted by Crippen LogP contribution is 2.26. The molecule has 0 aliphatic heterocycles. The van der Waals surface area contributed by atoms with Crippen molar-refractivity contribution >= 4 is 11.6 Å². The van der Waals surface area contributed by atoms with Gasteiger partial charge in [0, 0.05) is 5.69 Å². The SMILES string of the molecule is CCOc1ccccc1OCC(=O)Nc1ccc(-n2cncn2)c(F)c1. The largest absolute Gasteiger partial charge is 0.490 e. The summed E-state index contributed by atoms with van der Waals surface area (Å²) in [5.41, 5.74) is 0.556. The molecule has 8 heteroatoms. The highest BCUT2D eigenvalue weighted by Gasteiger charge is 2.10. The van der Waals surface area contributed by atoms with Crippen molar-refractivity contribution < 1.29 is 18.7 Å². The third-order valence-electron chi connectivity index (χ3n) is 3.40. The first-order chi connectivity index (χ1) is 12.7. The monoisotopic (exact) mass is 356 g/mol. The topological polar surface area (TPSA) is 78.3 Å². The van der Waals surface area contributed by atoms with Crippen LogP contribution in [0.15, 0.2) is 55.1 Å². The van der Waals surface area contributed by atoms with Gasteiger partial charge in [0.05, 0.1) is 6.61 Å². The zero-order valence-corrected chi connectivity index (χ0v) is 14.1. The maximum absolute atomic E-state index is 14.2. The molecule has 0 aliphatic rings. The van der Waals surface area contributed by atoms with Crippen LogP contribution >= 0.6 is 0 Å². The predicted molar refractivity (Wildman–Crippen MR) is 93.1 cm³/mol. The summed E-state index contributed by atoms with van der Waals surface area (Å²) in [6.45, 7) is 2.13. The molecule has 134 valence electrons. The van der Waals surface area contributed by atoms with Crippen LogP contribution in [-0.2, 0) is 4.79 Å². The van der Waals surface area contributed by atoms with Crippen LogP contribution in [0.2, 0.25) is 0 Å². The summed E-state index contributed by atoms with van der Waals surface area (Å²) < 4.78 is 26.4. The summed E-state index contributed by atoms with van der Waals surface area (Å²) in [4.78, 5) is 15.8. The first kappa shape index (κ1) is 17.4. The molecule has 0 bridgehead atoms. The van der Waals surface area contributed by atoms with Gasteiger partial charge >= 0.3 is 0 Å². The average Bonchev–Trinajstić information content (AvgIpc) is 3.16. The van der Waals surface area contributed by atoms with Gasteiger partial charge in [-0.05, 0) is 37.3 Å². The molecular weight excluding hydrogens is 339 g/mol. The van der Waals surface area contributed by atoms with Crippen LogP contribution in [0.4, 0.5) is 10.1 Å². The van der Waals surface area contributed by atoms with E-state index in [1.807, 2.05) is 13.0 Å². The molecule has 1 N–H and O–H groups in total. The van der Waals surface area contributed by atoms with Crippen molar-refractivity contribution in [2.45, 2.75) is 6.92 Å². The van der Waals surface area contributed by atoms with Crippen molar-refractivity contribution in [3.8, 4) is 17.2 Å². The van der Waals surface area contributed by atoms with Crippen molar-refractivity contribution in [2.24, 2.45) is 0 Å². The van der Waals surface area contributed by atoms with Crippen LogP contribution in [-0.4, -0.2) is 33.9 Å². The highest BCUT2D eigenvalue weighted by molar-refractivity contribution is 5.92. The van der Waals surface area contributed by atoms with E-state index in [2.05, 4.69) is 15.4 Å². The Labute approximate surface area is 149 Å². The van der Waals surface area contributed by atoms with Gasteiger partial charge in [-0.15, -0.1) is 0 Å². The molecule has 0 atom stereocenters. The lowest BCUT2D eigenvalue weighted by atomic mass is 10.2. The van der Waals surface area contributed by atoms with Crippen LogP contribution < -0.4 is 14.8 Å². The molecule has 0 radical (unpaired) electrons. The Balaban J connectivity index is 1.61. The molecule has 0 unspecified atom stereocenters. The predicted octanol–water partition coefficient (Wildman–Crippen LogP) is 2.82. The number of amides is 1. The molecule has 0 spiro atoms. The molecule has 0 fully saturated rings. The van der Waals surface area contributed by atoms with Crippen LogP contribution in [0.25, 0.3) is 5.69 Å². The number of halogens is 1. The molecule has 3 aromatic rings. The van der Waals surface area contributed by atoms with Gasteiger partial charge in [-0.2, -0.15) is 5.10 Å². The van der Waals surface area contributed by atoms with Crippen LogP contribution in [0.3, 0.4) is 0 Å². The zero-order chi connectivity index (χ0) is 18.4. The van der Waals surface area contributed by atoms with Crippen LogP contribution in [0.5, 0.6) is 11.5 Å². The maximum atomic E-state index is 14.2. The van der Waals surface area contributed by atoms with E-state index in [9.17, 15) is 9.18 Å². The molecule has 7 nitrogen and oxygen atoms in total. The molecule has 0 saturated carbocycles. The van der Waals surface area contributed by atoms with Gasteiger partial charge in [-0.25, -0.2) is 14.1 Å². The van der Waals surface area contributed by atoms with Crippen LogP contribution in [0, 0.1) is 5.82 Å². The number of nitrogens with one attached hydrogen (secondary N) is 1. The van der Waals surface area contributed by atoms with E-state index in [4.69, 9.17) is 9.47 Å². The van der Waals surface area contributed by atoms with Gasteiger partial charge < -0.3 is 14.8 Å². The fraction of sp³-hybridized carbons (Fsp3) is 0.167. The minimum atomic E-state index is -0.532.